The van der Waals surface area contributed by atoms with E-state index in [2.05, 4.69) is 0 Å². The van der Waals surface area contributed by atoms with Crippen LogP contribution in [0.2, 0.25) is 0 Å². The average Bonchev–Trinajstić information content (AvgIpc) is 2.55. The Hall–Kier alpha value is -2.63. The normalized spacial score (nSPS) is 15.8. The summed E-state index contributed by atoms with van der Waals surface area (Å²) in [5.74, 6) is -1.22. The van der Waals surface area contributed by atoms with Crippen LogP contribution in [0.25, 0.3) is 6.08 Å². The summed E-state index contributed by atoms with van der Waals surface area (Å²) < 4.78 is 0. The lowest BCUT2D eigenvalue weighted by Gasteiger charge is -2.33. The summed E-state index contributed by atoms with van der Waals surface area (Å²) in [5, 5.41) is 8.81. The molecular formula is C18H22N2O4. The molecule has 1 atom stereocenters. The Kier molecular flexibility index (Phi) is 5.73. The molecule has 24 heavy (non-hydrogen) atoms. The van der Waals surface area contributed by atoms with Gasteiger partial charge in [-0.1, -0.05) is 24.3 Å². The van der Waals surface area contributed by atoms with Gasteiger partial charge >= 0.3 is 5.97 Å². The van der Waals surface area contributed by atoms with E-state index in [1.54, 1.807) is 11.1 Å². The Morgan fingerprint density at radius 1 is 1.25 bits per heavy atom. The monoisotopic (exact) mass is 330 g/mol. The van der Waals surface area contributed by atoms with Gasteiger partial charge in [-0.3, -0.25) is 14.4 Å². The van der Waals surface area contributed by atoms with Gasteiger partial charge in [-0.05, 0) is 24.1 Å². The molecule has 1 aliphatic rings. The van der Waals surface area contributed by atoms with Crippen molar-refractivity contribution in [3.8, 4) is 0 Å². The number of carboxylic acids is 1. The lowest BCUT2D eigenvalue weighted by molar-refractivity contribution is -0.138. The van der Waals surface area contributed by atoms with Crippen molar-refractivity contribution < 1.29 is 19.5 Å². The van der Waals surface area contributed by atoms with Crippen molar-refractivity contribution in [1.82, 2.24) is 9.80 Å². The Labute approximate surface area is 141 Å². The third-order valence-electron chi connectivity index (χ3n) is 4.17. The van der Waals surface area contributed by atoms with Crippen LogP contribution in [0.3, 0.4) is 0 Å². The fraction of sp³-hybridized carbons (Fsp3) is 0.389. The summed E-state index contributed by atoms with van der Waals surface area (Å²) >= 11 is 0. The van der Waals surface area contributed by atoms with Crippen LogP contribution >= 0.6 is 0 Å². The van der Waals surface area contributed by atoms with Gasteiger partial charge in [0.15, 0.2) is 0 Å². The molecule has 2 rings (SSSR count). The van der Waals surface area contributed by atoms with Crippen molar-refractivity contribution >= 4 is 23.9 Å². The van der Waals surface area contributed by atoms with E-state index >= 15 is 0 Å². The first-order valence-corrected chi connectivity index (χ1v) is 7.99. The highest BCUT2D eigenvalue weighted by molar-refractivity contribution is 5.82. The van der Waals surface area contributed by atoms with Gasteiger partial charge in [0.1, 0.15) is 0 Å². The number of fused-ring (bicyclic) bond motifs is 1. The van der Waals surface area contributed by atoms with Gasteiger partial charge in [0.2, 0.25) is 11.8 Å². The topological polar surface area (TPSA) is 77.9 Å². The van der Waals surface area contributed by atoms with Gasteiger partial charge in [0.25, 0.3) is 0 Å². The van der Waals surface area contributed by atoms with E-state index in [0.717, 1.165) is 11.1 Å². The van der Waals surface area contributed by atoms with Crippen molar-refractivity contribution in [2.75, 3.05) is 13.1 Å². The van der Waals surface area contributed by atoms with E-state index in [0.29, 0.717) is 6.54 Å². The smallest absolute Gasteiger partial charge is 0.305 e. The second kappa shape index (κ2) is 7.77. The molecule has 6 heteroatoms. The first kappa shape index (κ1) is 17.7. The second-order valence-corrected chi connectivity index (χ2v) is 5.71. The standard InChI is InChI=1S/C18H22N2O4/c1-3-19(10-9-18(23)24)17(22)12-16-15-7-5-4-6-14(15)8-11-20(16)13(2)21/h4-8,11,16H,3,9-10,12H2,1-2H3,(H,23,24). The van der Waals surface area contributed by atoms with Crippen LogP contribution in [0.15, 0.2) is 30.5 Å². The van der Waals surface area contributed by atoms with Crippen LogP contribution < -0.4 is 0 Å². The number of hydrogen-bond acceptors (Lipinski definition) is 3. The molecule has 0 spiro atoms. The van der Waals surface area contributed by atoms with Crippen LogP contribution in [-0.4, -0.2) is 45.8 Å². The van der Waals surface area contributed by atoms with Crippen LogP contribution in [0.1, 0.15) is 43.9 Å². The van der Waals surface area contributed by atoms with Crippen molar-refractivity contribution in [3.05, 3.63) is 41.6 Å². The summed E-state index contributed by atoms with van der Waals surface area (Å²) in [6.07, 6.45) is 3.61. The molecule has 6 nitrogen and oxygen atoms in total. The molecule has 0 aromatic heterocycles. The zero-order valence-corrected chi connectivity index (χ0v) is 13.9. The Morgan fingerprint density at radius 3 is 2.58 bits per heavy atom. The number of nitrogens with zero attached hydrogens (tertiary/aromatic N) is 2. The number of amides is 2. The van der Waals surface area contributed by atoms with Crippen LogP contribution in [0.5, 0.6) is 0 Å². The minimum absolute atomic E-state index is 0.0862. The number of carbonyl (C=O) groups excluding carboxylic acids is 2. The molecule has 0 fully saturated rings. The molecule has 0 radical (unpaired) electrons. The first-order chi connectivity index (χ1) is 11.4. The predicted molar refractivity (Wildman–Crippen MR) is 89.9 cm³/mol. The summed E-state index contributed by atoms with van der Waals surface area (Å²) in [6.45, 7) is 3.90. The molecule has 2 amide bonds. The second-order valence-electron chi connectivity index (χ2n) is 5.71. The maximum atomic E-state index is 12.6. The number of hydrogen-bond donors (Lipinski definition) is 1. The SMILES string of the molecule is CCN(CCC(=O)O)C(=O)CC1c2ccccc2C=CN1C(C)=O. The summed E-state index contributed by atoms with van der Waals surface area (Å²) in [7, 11) is 0. The molecule has 1 aromatic rings. The Morgan fingerprint density at radius 2 is 1.96 bits per heavy atom. The van der Waals surface area contributed by atoms with Crippen LogP contribution in [-0.2, 0) is 14.4 Å². The molecule has 0 aliphatic carbocycles. The Balaban J connectivity index is 2.20. The van der Waals surface area contributed by atoms with E-state index < -0.39 is 5.97 Å². The largest absolute Gasteiger partial charge is 0.481 e. The molecular weight excluding hydrogens is 308 g/mol. The fourth-order valence-corrected chi connectivity index (χ4v) is 2.90. The molecule has 1 aliphatic heterocycles. The quantitative estimate of drug-likeness (QED) is 0.868. The lowest BCUT2D eigenvalue weighted by atomic mass is 9.93. The number of benzene rings is 1. The van der Waals surface area contributed by atoms with E-state index in [4.69, 9.17) is 5.11 Å². The molecule has 0 saturated heterocycles. The number of carboxylic acid groups (broad SMARTS) is 1. The van der Waals surface area contributed by atoms with Crippen LogP contribution in [0.4, 0.5) is 0 Å². The highest BCUT2D eigenvalue weighted by Gasteiger charge is 2.29. The van der Waals surface area contributed by atoms with Crippen molar-refractivity contribution in [1.29, 1.82) is 0 Å². The summed E-state index contributed by atoms with van der Waals surface area (Å²) in [6, 6.07) is 7.30. The van der Waals surface area contributed by atoms with E-state index in [1.165, 1.54) is 11.8 Å². The Bertz CT molecular complexity index is 669. The first-order valence-electron chi connectivity index (χ1n) is 7.99. The number of rotatable bonds is 6. The maximum Gasteiger partial charge on any atom is 0.305 e. The molecule has 1 N–H and O–H groups in total. The zero-order chi connectivity index (χ0) is 17.7. The van der Waals surface area contributed by atoms with Crippen molar-refractivity contribution in [2.24, 2.45) is 0 Å². The minimum atomic E-state index is -0.933. The number of aliphatic carboxylic acids is 1. The molecule has 1 heterocycles. The molecule has 1 unspecified atom stereocenters. The maximum absolute atomic E-state index is 12.6. The average molecular weight is 330 g/mol. The lowest BCUT2D eigenvalue weighted by Crippen LogP contribution is -2.38. The van der Waals surface area contributed by atoms with Crippen LogP contribution in [0, 0.1) is 0 Å². The highest BCUT2D eigenvalue weighted by Crippen LogP contribution is 2.33. The summed E-state index contributed by atoms with van der Waals surface area (Å²) in [4.78, 5) is 38.4. The van der Waals surface area contributed by atoms with Gasteiger partial charge in [0.05, 0.1) is 18.9 Å². The number of carbonyl (C=O) groups is 3. The summed E-state index contributed by atoms with van der Waals surface area (Å²) in [5.41, 5.74) is 1.92. The van der Waals surface area contributed by atoms with Gasteiger partial charge in [-0.25, -0.2) is 0 Å². The molecule has 1 aromatic carbocycles. The van der Waals surface area contributed by atoms with E-state index in [9.17, 15) is 14.4 Å². The third kappa shape index (κ3) is 4.01. The van der Waals surface area contributed by atoms with Gasteiger partial charge < -0.3 is 14.9 Å². The van der Waals surface area contributed by atoms with Crippen molar-refractivity contribution in [2.45, 2.75) is 32.7 Å². The minimum Gasteiger partial charge on any atom is -0.481 e. The van der Waals surface area contributed by atoms with Gasteiger partial charge in [-0.2, -0.15) is 0 Å². The third-order valence-corrected chi connectivity index (χ3v) is 4.17. The van der Waals surface area contributed by atoms with Crippen molar-refractivity contribution in [3.63, 3.8) is 0 Å². The van der Waals surface area contributed by atoms with Gasteiger partial charge in [0, 0.05) is 26.2 Å². The zero-order valence-electron chi connectivity index (χ0n) is 13.9. The fourth-order valence-electron chi connectivity index (χ4n) is 2.90. The van der Waals surface area contributed by atoms with E-state index in [1.807, 2.05) is 37.3 Å². The molecule has 128 valence electrons. The predicted octanol–water partition coefficient (Wildman–Crippen LogP) is 2.27. The highest BCUT2D eigenvalue weighted by atomic mass is 16.4. The molecule has 0 bridgehead atoms. The van der Waals surface area contributed by atoms with E-state index in [-0.39, 0.29) is 37.2 Å². The molecule has 0 saturated carbocycles. The van der Waals surface area contributed by atoms with Gasteiger partial charge in [-0.15, -0.1) is 0 Å².